The molecule has 11 nitrogen and oxygen atoms in total. The summed E-state index contributed by atoms with van der Waals surface area (Å²) in [5, 5.41) is 17.7. The number of amides is 1. The van der Waals surface area contributed by atoms with E-state index in [0.29, 0.717) is 39.1 Å². The number of ether oxygens (including phenoxy) is 5. The number of benzene rings is 5. The molecule has 0 bridgehead atoms. The third-order valence-electron chi connectivity index (χ3n) is 9.51. The number of carbonyl (C=O) groups excluding carboxylic acids is 1. The Morgan fingerprint density at radius 2 is 1.38 bits per heavy atom. The minimum atomic E-state index is -1.15. The Morgan fingerprint density at radius 1 is 0.727 bits per heavy atom. The lowest BCUT2D eigenvalue weighted by Crippen LogP contribution is -2.59. The molecule has 0 spiro atoms. The van der Waals surface area contributed by atoms with Gasteiger partial charge in [0.15, 0.2) is 6.29 Å². The van der Waals surface area contributed by atoms with Crippen molar-refractivity contribution in [3.63, 3.8) is 0 Å². The number of hydrogen-bond acceptors (Lipinski definition) is 8. The number of aliphatic hydroxyl groups is 1. The number of nitrogens with zero attached hydrogens (tertiary/aromatic N) is 4. The van der Waals surface area contributed by atoms with Gasteiger partial charge in [-0.2, -0.15) is 0 Å². The van der Waals surface area contributed by atoms with Gasteiger partial charge >= 0.3 is 6.09 Å². The van der Waals surface area contributed by atoms with Crippen molar-refractivity contribution in [2.24, 2.45) is 5.11 Å². The monoisotopic (exact) mass is 744 g/mol. The summed E-state index contributed by atoms with van der Waals surface area (Å²) in [4.78, 5) is 18.0. The lowest BCUT2D eigenvalue weighted by atomic mass is 9.97. The van der Waals surface area contributed by atoms with Crippen molar-refractivity contribution in [3.8, 4) is 0 Å². The second-order valence-corrected chi connectivity index (χ2v) is 13.6. The Morgan fingerprint density at radius 3 is 2.09 bits per heavy atom. The van der Waals surface area contributed by atoms with Gasteiger partial charge in [0.2, 0.25) is 0 Å². The molecule has 1 fully saturated rings. The predicted octanol–water partition coefficient (Wildman–Crippen LogP) is 8.73. The van der Waals surface area contributed by atoms with E-state index in [4.69, 9.17) is 23.7 Å². The van der Waals surface area contributed by atoms with Gasteiger partial charge in [0.1, 0.15) is 24.9 Å². The first-order valence-electron chi connectivity index (χ1n) is 18.8. The highest BCUT2D eigenvalue weighted by Gasteiger charge is 2.46. The Bertz CT molecular complexity index is 1950. The highest BCUT2D eigenvalue weighted by atomic mass is 16.7. The fraction of sp³-hybridized carbons (Fsp3) is 0.341. The zero-order valence-electron chi connectivity index (χ0n) is 30.8. The molecule has 0 aromatic heterocycles. The summed E-state index contributed by atoms with van der Waals surface area (Å²) in [5.41, 5.74) is 13.4. The van der Waals surface area contributed by atoms with E-state index < -0.39 is 30.6 Å². The maximum absolute atomic E-state index is 13.2. The van der Waals surface area contributed by atoms with Gasteiger partial charge in [-0.3, -0.25) is 0 Å². The number of unbranched alkanes of at least 4 members (excludes halogenated alkanes) is 2. The number of aliphatic hydroxyl groups excluding tert-OH is 1. The van der Waals surface area contributed by atoms with E-state index in [1.165, 1.54) is 0 Å². The molecule has 1 aliphatic heterocycles. The normalized spacial score (nSPS) is 19.4. The molecule has 1 heterocycles. The molecule has 286 valence electrons. The summed E-state index contributed by atoms with van der Waals surface area (Å²) in [6.07, 6.45) is -2.09. The summed E-state index contributed by atoms with van der Waals surface area (Å²) in [5.74, 6) is 0. The van der Waals surface area contributed by atoms with Crippen molar-refractivity contribution in [1.82, 2.24) is 4.90 Å². The van der Waals surface area contributed by atoms with Gasteiger partial charge in [-0.15, -0.1) is 0 Å². The second-order valence-electron chi connectivity index (χ2n) is 13.6. The molecule has 1 saturated heterocycles. The molecule has 6 rings (SSSR count). The molecular weight excluding hydrogens is 697 g/mol. The van der Waals surface area contributed by atoms with Crippen LogP contribution < -0.4 is 0 Å². The standard InChI is InChI=1S/C44H48N4O7/c45-47-46-40-42(53-31-36-23-24-37-21-11-12-22-38(37)27-36)41(49)39(32-51-29-34-17-7-2-8-18-34)55-43(40)52-26-14-4-13-25-48(28-33-15-5-1-6-16-33)44(50)54-30-35-19-9-3-10-20-35/h1-3,5-12,15-24,27,39-43,49H,4,13-14,25-26,28-32H2/t39-,40-,41-,42-,43-/m1/s1. The van der Waals surface area contributed by atoms with Crippen molar-refractivity contribution in [3.05, 3.63) is 166 Å². The van der Waals surface area contributed by atoms with E-state index in [1.54, 1.807) is 4.90 Å². The van der Waals surface area contributed by atoms with Crippen LogP contribution in [0.3, 0.4) is 0 Å². The van der Waals surface area contributed by atoms with Crippen molar-refractivity contribution in [1.29, 1.82) is 0 Å². The number of hydrogen-bond donors (Lipinski definition) is 1. The number of azide groups is 1. The molecular formula is C44H48N4O7. The molecule has 0 radical (unpaired) electrons. The Hall–Kier alpha value is -5.26. The fourth-order valence-corrected chi connectivity index (χ4v) is 6.57. The minimum Gasteiger partial charge on any atom is -0.445 e. The minimum absolute atomic E-state index is 0.0758. The number of carbonyl (C=O) groups is 1. The van der Waals surface area contributed by atoms with Gasteiger partial charge in [-0.1, -0.05) is 133 Å². The topological polar surface area (TPSA) is 135 Å². The van der Waals surface area contributed by atoms with Gasteiger partial charge in [0, 0.05) is 24.6 Å². The van der Waals surface area contributed by atoms with Crippen molar-refractivity contribution in [2.75, 3.05) is 19.8 Å². The fourth-order valence-electron chi connectivity index (χ4n) is 6.57. The van der Waals surface area contributed by atoms with Crippen LogP contribution in [0.15, 0.2) is 139 Å². The summed E-state index contributed by atoms with van der Waals surface area (Å²) < 4.78 is 30.4. The molecule has 1 N–H and O–H groups in total. The lowest BCUT2D eigenvalue weighted by Gasteiger charge is -2.42. The average molecular weight is 745 g/mol. The lowest BCUT2D eigenvalue weighted by molar-refractivity contribution is -0.276. The van der Waals surface area contributed by atoms with Crippen molar-refractivity contribution in [2.45, 2.75) is 76.3 Å². The van der Waals surface area contributed by atoms with Crippen LogP contribution in [0.25, 0.3) is 21.2 Å². The maximum Gasteiger partial charge on any atom is 0.410 e. The quantitative estimate of drug-likeness (QED) is 0.0387. The zero-order valence-corrected chi connectivity index (χ0v) is 30.8. The van der Waals surface area contributed by atoms with Gasteiger partial charge in [-0.25, -0.2) is 4.79 Å². The van der Waals surface area contributed by atoms with Crippen LogP contribution >= 0.6 is 0 Å². The van der Waals surface area contributed by atoms with E-state index in [2.05, 4.69) is 10.0 Å². The summed E-state index contributed by atoms with van der Waals surface area (Å²) in [6, 6.07) is 42.4. The van der Waals surface area contributed by atoms with Crippen LogP contribution in [0.5, 0.6) is 0 Å². The zero-order chi connectivity index (χ0) is 38.1. The smallest absolute Gasteiger partial charge is 0.410 e. The van der Waals surface area contributed by atoms with E-state index in [0.717, 1.165) is 39.4 Å². The first-order valence-corrected chi connectivity index (χ1v) is 18.8. The van der Waals surface area contributed by atoms with Gasteiger partial charge in [0.25, 0.3) is 0 Å². The van der Waals surface area contributed by atoms with Crippen LogP contribution in [0, 0.1) is 0 Å². The van der Waals surface area contributed by atoms with E-state index in [9.17, 15) is 15.4 Å². The van der Waals surface area contributed by atoms with E-state index in [1.807, 2.05) is 133 Å². The summed E-state index contributed by atoms with van der Waals surface area (Å²) in [7, 11) is 0. The molecule has 0 saturated carbocycles. The number of fused-ring (bicyclic) bond motifs is 1. The first-order chi connectivity index (χ1) is 27.1. The molecule has 5 atom stereocenters. The van der Waals surface area contributed by atoms with Crippen molar-refractivity contribution < 1.29 is 33.6 Å². The molecule has 1 aliphatic rings. The van der Waals surface area contributed by atoms with E-state index in [-0.39, 0.29) is 25.9 Å². The predicted molar refractivity (Wildman–Crippen MR) is 210 cm³/mol. The molecule has 55 heavy (non-hydrogen) atoms. The molecule has 0 unspecified atom stereocenters. The second kappa shape index (κ2) is 21.0. The molecule has 11 heteroatoms. The van der Waals surface area contributed by atoms with E-state index >= 15 is 0 Å². The Labute approximate surface area is 322 Å². The van der Waals surface area contributed by atoms with Crippen LogP contribution in [-0.2, 0) is 50.0 Å². The highest BCUT2D eigenvalue weighted by molar-refractivity contribution is 5.82. The third kappa shape index (κ3) is 11.9. The molecule has 5 aromatic carbocycles. The highest BCUT2D eigenvalue weighted by Crippen LogP contribution is 2.29. The largest absolute Gasteiger partial charge is 0.445 e. The van der Waals surface area contributed by atoms with Gasteiger partial charge in [-0.05, 0) is 63.9 Å². The SMILES string of the molecule is [N-]=[N+]=N[C@H]1[C@H](OCCCCCN(Cc2ccccc2)C(=O)OCc2ccccc2)O[C@H](COCc2ccccc2)[C@@H](O)[C@@H]1OCc1ccc2ccccc2c1. The number of rotatable bonds is 19. The van der Waals surface area contributed by atoms with Crippen LogP contribution in [0.1, 0.15) is 41.5 Å². The summed E-state index contributed by atoms with van der Waals surface area (Å²) >= 11 is 0. The Kier molecular flexibility index (Phi) is 15.1. The average Bonchev–Trinajstić information content (AvgIpc) is 3.23. The van der Waals surface area contributed by atoms with Crippen LogP contribution in [0.4, 0.5) is 4.79 Å². The Balaban J connectivity index is 1.06. The molecule has 5 aromatic rings. The van der Waals surface area contributed by atoms with Gasteiger partial charge in [0.05, 0.1) is 25.9 Å². The molecule has 1 amide bonds. The molecule has 0 aliphatic carbocycles. The maximum atomic E-state index is 13.2. The van der Waals surface area contributed by atoms with Crippen LogP contribution in [-0.4, -0.2) is 66.5 Å². The van der Waals surface area contributed by atoms with Crippen LogP contribution in [0.2, 0.25) is 0 Å². The summed E-state index contributed by atoms with van der Waals surface area (Å²) in [6.45, 7) is 2.03. The van der Waals surface area contributed by atoms with Crippen molar-refractivity contribution >= 4 is 16.9 Å². The third-order valence-corrected chi connectivity index (χ3v) is 9.51. The first kappa shape index (κ1) is 39.4. The van der Waals surface area contributed by atoms with Gasteiger partial charge < -0.3 is 33.7 Å².